The lowest BCUT2D eigenvalue weighted by molar-refractivity contribution is 0.0724. The molecule has 1 aliphatic heterocycles. The molecule has 0 atom stereocenters. The first kappa shape index (κ1) is 21.3. The molecule has 3 aromatic rings. The third-order valence-electron chi connectivity index (χ3n) is 6.47. The number of fused-ring (bicyclic) bond motifs is 2. The van der Waals surface area contributed by atoms with Crippen molar-refractivity contribution in [3.63, 3.8) is 0 Å². The van der Waals surface area contributed by atoms with Gasteiger partial charge in [0.05, 0.1) is 5.69 Å². The molecule has 1 heterocycles. The van der Waals surface area contributed by atoms with E-state index in [0.29, 0.717) is 35.2 Å². The van der Waals surface area contributed by atoms with Gasteiger partial charge in [0.15, 0.2) is 5.78 Å². The predicted octanol–water partition coefficient (Wildman–Crippen LogP) is 5.66. The number of nitrogens with one attached hydrogen (secondary N) is 1. The van der Waals surface area contributed by atoms with Crippen LogP contribution in [-0.4, -0.2) is 29.7 Å². The van der Waals surface area contributed by atoms with Crippen molar-refractivity contribution in [3.05, 3.63) is 94.0 Å². The van der Waals surface area contributed by atoms with E-state index in [0.717, 1.165) is 49.5 Å². The fourth-order valence-electron chi connectivity index (χ4n) is 4.68. The zero-order valence-corrected chi connectivity index (χ0v) is 18.2. The number of benzene rings is 3. The normalized spacial score (nSPS) is 15.5. The van der Waals surface area contributed by atoms with Crippen LogP contribution in [0.3, 0.4) is 0 Å². The molecule has 1 saturated heterocycles. The first-order chi connectivity index (χ1) is 16.0. The first-order valence-electron chi connectivity index (χ1n) is 11.3. The number of carbonyl (C=O) groups excluding carboxylic acids is 2. The van der Waals surface area contributed by atoms with Crippen molar-refractivity contribution in [3.8, 4) is 0 Å². The zero-order chi connectivity index (χ0) is 22.9. The van der Waals surface area contributed by atoms with Crippen molar-refractivity contribution in [2.75, 3.05) is 18.4 Å². The topological polar surface area (TPSA) is 49.4 Å². The maximum absolute atomic E-state index is 14.0. The second-order valence-corrected chi connectivity index (χ2v) is 8.68. The number of anilines is 2. The maximum Gasteiger partial charge on any atom is 0.253 e. The summed E-state index contributed by atoms with van der Waals surface area (Å²) in [7, 11) is 0. The molecule has 4 nitrogen and oxygen atoms in total. The van der Waals surface area contributed by atoms with Gasteiger partial charge in [-0.05, 0) is 85.7 Å². The van der Waals surface area contributed by atoms with Crippen molar-refractivity contribution in [1.82, 2.24) is 4.90 Å². The molecule has 0 unspecified atom stereocenters. The molecule has 0 saturated carbocycles. The van der Waals surface area contributed by atoms with Crippen LogP contribution in [0.1, 0.15) is 56.7 Å². The molecule has 2 aliphatic rings. The number of rotatable bonds is 3. The summed E-state index contributed by atoms with van der Waals surface area (Å²) in [4.78, 5) is 28.2. The molecule has 5 rings (SSSR count). The van der Waals surface area contributed by atoms with E-state index in [1.54, 1.807) is 18.2 Å². The number of piperidine rings is 1. The number of ketones is 1. The van der Waals surface area contributed by atoms with E-state index in [9.17, 15) is 18.4 Å². The minimum absolute atomic E-state index is 0.0179. The summed E-state index contributed by atoms with van der Waals surface area (Å²) < 4.78 is 27.2. The van der Waals surface area contributed by atoms with Crippen LogP contribution in [0, 0.1) is 11.6 Å². The van der Waals surface area contributed by atoms with Crippen molar-refractivity contribution < 1.29 is 18.4 Å². The smallest absolute Gasteiger partial charge is 0.253 e. The molecule has 0 radical (unpaired) electrons. The van der Waals surface area contributed by atoms with E-state index in [1.807, 2.05) is 23.1 Å². The van der Waals surface area contributed by atoms with Gasteiger partial charge in [-0.15, -0.1) is 0 Å². The molecule has 168 valence electrons. The Balaban J connectivity index is 1.42. The molecule has 33 heavy (non-hydrogen) atoms. The summed E-state index contributed by atoms with van der Waals surface area (Å²) in [5, 5.41) is 2.96. The van der Waals surface area contributed by atoms with Crippen LogP contribution in [0.15, 0.2) is 54.6 Å². The quantitative estimate of drug-likeness (QED) is 0.565. The number of hydrogen-bond acceptors (Lipinski definition) is 3. The summed E-state index contributed by atoms with van der Waals surface area (Å²) >= 11 is 0. The number of carbonyl (C=O) groups is 2. The van der Waals surface area contributed by atoms with E-state index in [1.165, 1.54) is 12.1 Å². The number of amides is 1. The van der Waals surface area contributed by atoms with E-state index in [-0.39, 0.29) is 17.4 Å². The highest BCUT2D eigenvalue weighted by molar-refractivity contribution is 6.12. The van der Waals surface area contributed by atoms with Crippen LogP contribution in [0.25, 0.3) is 0 Å². The van der Waals surface area contributed by atoms with Crippen LogP contribution >= 0.6 is 0 Å². The lowest BCUT2D eigenvalue weighted by Gasteiger charge is -2.27. The summed E-state index contributed by atoms with van der Waals surface area (Å²) in [6.07, 6.45) is 4.49. The van der Waals surface area contributed by atoms with Crippen molar-refractivity contribution in [2.24, 2.45) is 0 Å². The highest BCUT2D eigenvalue weighted by Gasteiger charge is 2.25. The summed E-state index contributed by atoms with van der Waals surface area (Å²) in [5.41, 5.74) is 4.28. The molecule has 1 fully saturated rings. The van der Waals surface area contributed by atoms with Gasteiger partial charge in [0.1, 0.15) is 11.6 Å². The van der Waals surface area contributed by atoms with Gasteiger partial charge in [0, 0.05) is 41.5 Å². The summed E-state index contributed by atoms with van der Waals surface area (Å²) in [6, 6.07) is 14.1. The first-order valence-corrected chi connectivity index (χ1v) is 11.3. The highest BCUT2D eigenvalue weighted by atomic mass is 19.1. The van der Waals surface area contributed by atoms with E-state index >= 15 is 0 Å². The Morgan fingerprint density at radius 3 is 2.39 bits per heavy atom. The largest absolute Gasteiger partial charge is 0.353 e. The van der Waals surface area contributed by atoms with Gasteiger partial charge in [0.2, 0.25) is 0 Å². The Morgan fingerprint density at radius 1 is 0.818 bits per heavy atom. The van der Waals surface area contributed by atoms with Crippen molar-refractivity contribution in [2.45, 2.75) is 32.1 Å². The molecule has 1 amide bonds. The number of nitrogens with zero attached hydrogens (tertiary/aromatic N) is 1. The molecule has 0 bridgehead atoms. The molecule has 0 aromatic heterocycles. The van der Waals surface area contributed by atoms with E-state index < -0.39 is 11.6 Å². The van der Waals surface area contributed by atoms with Gasteiger partial charge in [-0.25, -0.2) is 8.78 Å². The van der Waals surface area contributed by atoms with Crippen LogP contribution in [-0.2, 0) is 12.8 Å². The van der Waals surface area contributed by atoms with Gasteiger partial charge in [-0.2, -0.15) is 0 Å². The number of likely N-dealkylation sites (tertiary alicyclic amines) is 1. The maximum atomic E-state index is 14.0. The Labute approximate surface area is 191 Å². The molecular weight excluding hydrogens is 422 g/mol. The third kappa shape index (κ3) is 4.25. The zero-order valence-electron chi connectivity index (χ0n) is 18.2. The molecule has 0 spiro atoms. The predicted molar refractivity (Wildman–Crippen MR) is 123 cm³/mol. The van der Waals surface area contributed by atoms with Gasteiger partial charge < -0.3 is 10.2 Å². The number of aryl methyl sites for hydroxylation is 2. The Morgan fingerprint density at radius 2 is 1.61 bits per heavy atom. The van der Waals surface area contributed by atoms with E-state index in [4.69, 9.17) is 0 Å². The summed E-state index contributed by atoms with van der Waals surface area (Å²) in [6.45, 7) is 1.52. The van der Waals surface area contributed by atoms with Crippen molar-refractivity contribution in [1.29, 1.82) is 0 Å². The molecule has 3 aromatic carbocycles. The lowest BCUT2D eigenvalue weighted by Crippen LogP contribution is -2.35. The van der Waals surface area contributed by atoms with Gasteiger partial charge >= 0.3 is 0 Å². The lowest BCUT2D eigenvalue weighted by atomic mass is 9.96. The molecular formula is C27H24F2N2O2. The van der Waals surface area contributed by atoms with Gasteiger partial charge in [0.25, 0.3) is 5.91 Å². The Kier molecular flexibility index (Phi) is 5.67. The Bertz CT molecular complexity index is 1250. The minimum atomic E-state index is -0.681. The van der Waals surface area contributed by atoms with Crippen LogP contribution < -0.4 is 5.32 Å². The number of hydrogen-bond donors (Lipinski definition) is 1. The third-order valence-corrected chi connectivity index (χ3v) is 6.47. The second kappa shape index (κ2) is 8.77. The van der Waals surface area contributed by atoms with Gasteiger partial charge in [-0.3, -0.25) is 9.59 Å². The van der Waals surface area contributed by atoms with Crippen LogP contribution in [0.4, 0.5) is 20.2 Å². The fourth-order valence-corrected chi connectivity index (χ4v) is 4.68. The second-order valence-electron chi connectivity index (χ2n) is 8.68. The van der Waals surface area contributed by atoms with Crippen LogP contribution in [0.2, 0.25) is 0 Å². The minimum Gasteiger partial charge on any atom is -0.353 e. The summed E-state index contributed by atoms with van der Waals surface area (Å²) in [5.74, 6) is -1.44. The monoisotopic (exact) mass is 446 g/mol. The average molecular weight is 446 g/mol. The highest BCUT2D eigenvalue weighted by Crippen LogP contribution is 2.29. The molecule has 6 heteroatoms. The molecule has 1 aliphatic carbocycles. The number of halogens is 2. The SMILES string of the molecule is O=C1c2ccc(Nc3ccc(F)cc3F)cc2CCc2ccc(C(=O)N3CCCCC3)cc21. The fraction of sp³-hybridized carbons (Fsp3) is 0.259. The van der Waals surface area contributed by atoms with Gasteiger partial charge in [-0.1, -0.05) is 6.07 Å². The Hall–Kier alpha value is -3.54. The van der Waals surface area contributed by atoms with E-state index in [2.05, 4.69) is 5.32 Å². The molecule has 1 N–H and O–H groups in total. The van der Waals surface area contributed by atoms with Crippen LogP contribution in [0.5, 0.6) is 0 Å². The average Bonchev–Trinajstić information content (AvgIpc) is 2.97. The van der Waals surface area contributed by atoms with Crippen molar-refractivity contribution >= 4 is 23.1 Å². The standard InChI is InChI=1S/C27H24F2N2O2/c28-20-8-11-25(24(29)16-20)30-21-9-10-22-18(14-21)6-4-17-5-7-19(15-23(17)26(22)32)27(33)31-12-2-1-3-13-31/h5,7-11,14-16,30H,1-4,6,12-13H2.